The van der Waals surface area contributed by atoms with Gasteiger partial charge in [0.1, 0.15) is 11.5 Å². The maximum absolute atomic E-state index is 12.8. The maximum Gasteiger partial charge on any atom is 0.359 e. The largest absolute Gasteiger partial charge is 0.370 e. The number of anilines is 1. The summed E-state index contributed by atoms with van der Waals surface area (Å²) in [6.45, 7) is 4.74. The van der Waals surface area contributed by atoms with Crippen molar-refractivity contribution in [2.24, 2.45) is 10.7 Å². The first-order valence-corrected chi connectivity index (χ1v) is 10.3. The molecule has 3 N–H and O–H groups in total. The molecule has 0 bridgehead atoms. The Morgan fingerprint density at radius 3 is 2.84 bits per heavy atom. The van der Waals surface area contributed by atoms with Gasteiger partial charge >= 0.3 is 7.60 Å². The number of halogens is 1. The summed E-state index contributed by atoms with van der Waals surface area (Å²) in [5, 5.41) is 2.98. The van der Waals surface area contributed by atoms with Gasteiger partial charge in [0.25, 0.3) is 0 Å². The first kappa shape index (κ1) is 18.7. The van der Waals surface area contributed by atoms with Crippen molar-refractivity contribution in [2.75, 3.05) is 18.5 Å². The summed E-state index contributed by atoms with van der Waals surface area (Å²) in [7, 11) is -3.26. The van der Waals surface area contributed by atoms with Gasteiger partial charge in [-0.05, 0) is 26.7 Å². The highest BCUT2D eigenvalue weighted by Crippen LogP contribution is 2.57. The summed E-state index contributed by atoms with van der Waals surface area (Å²) in [4.78, 5) is 8.31. The second-order valence-corrected chi connectivity index (χ2v) is 8.36. The van der Waals surface area contributed by atoms with Gasteiger partial charge in [0, 0.05) is 0 Å². The molecule has 1 saturated heterocycles. The fourth-order valence-electron chi connectivity index (χ4n) is 3.02. The van der Waals surface area contributed by atoms with Gasteiger partial charge in [0.15, 0.2) is 17.3 Å². The zero-order valence-corrected chi connectivity index (χ0v) is 15.9. The lowest BCUT2D eigenvalue weighted by atomic mass is 10.2. The van der Waals surface area contributed by atoms with Crippen molar-refractivity contribution in [1.82, 2.24) is 9.55 Å². The highest BCUT2D eigenvalue weighted by molar-refractivity contribution is 7.54. The zero-order chi connectivity index (χ0) is 18.0. The Labute approximate surface area is 151 Å². The molecule has 1 unspecified atom stereocenters. The van der Waals surface area contributed by atoms with Gasteiger partial charge in [-0.3, -0.25) is 4.57 Å². The molecule has 3 atom stereocenters. The molecule has 0 amide bonds. The summed E-state index contributed by atoms with van der Waals surface area (Å²) in [6.07, 6.45) is 2.90. The van der Waals surface area contributed by atoms with E-state index in [0.717, 1.165) is 6.42 Å². The van der Waals surface area contributed by atoms with E-state index in [9.17, 15) is 4.57 Å². The molecule has 0 saturated carbocycles. The number of aromatic nitrogens is 2. The van der Waals surface area contributed by atoms with Crippen molar-refractivity contribution in [1.29, 1.82) is 0 Å². The molecule has 1 aromatic heterocycles. The normalized spacial score (nSPS) is 26.2. The topological polar surface area (TPSA) is 113 Å². The molecule has 0 aliphatic carbocycles. The van der Waals surface area contributed by atoms with E-state index in [-0.39, 0.29) is 12.1 Å². The summed E-state index contributed by atoms with van der Waals surface area (Å²) in [5.74, 6) is 0.408. The molecule has 9 nitrogen and oxygen atoms in total. The molecule has 25 heavy (non-hydrogen) atoms. The lowest BCUT2D eigenvalue weighted by Gasteiger charge is -2.23. The monoisotopic (exact) mass is 391 g/mol. The second kappa shape index (κ2) is 7.63. The van der Waals surface area contributed by atoms with E-state index in [4.69, 9.17) is 31.1 Å². The quantitative estimate of drug-likeness (QED) is 0.417. The molecule has 3 rings (SSSR count). The van der Waals surface area contributed by atoms with Gasteiger partial charge in [-0.15, -0.1) is 0 Å². The number of rotatable bonds is 7. The third-order valence-electron chi connectivity index (χ3n) is 4.05. The minimum absolute atomic E-state index is 0.131. The first-order valence-electron chi connectivity index (χ1n) is 8.30. The van der Waals surface area contributed by atoms with Crippen LogP contribution in [0.15, 0.2) is 11.3 Å². The summed E-state index contributed by atoms with van der Waals surface area (Å²) >= 11 is 6.14. The van der Waals surface area contributed by atoms with Crippen LogP contribution in [0.25, 0.3) is 0 Å². The predicted octanol–water partition coefficient (Wildman–Crippen LogP) is 2.63. The van der Waals surface area contributed by atoms with Crippen LogP contribution in [0.3, 0.4) is 0 Å². The minimum atomic E-state index is -3.26. The number of aliphatic imine (C=N–C) groups is 1. The van der Waals surface area contributed by atoms with E-state index in [2.05, 4.69) is 15.3 Å². The van der Waals surface area contributed by atoms with Crippen molar-refractivity contribution in [3.8, 4) is 0 Å². The molecule has 0 spiro atoms. The summed E-state index contributed by atoms with van der Waals surface area (Å²) in [6, 6.07) is 0. The van der Waals surface area contributed by atoms with E-state index in [0.29, 0.717) is 37.7 Å². The highest BCUT2D eigenvalue weighted by Gasteiger charge is 2.42. The number of imidazole rings is 1. The molecule has 2 aliphatic rings. The lowest BCUT2D eigenvalue weighted by Crippen LogP contribution is -2.29. The van der Waals surface area contributed by atoms with Crippen molar-refractivity contribution in [2.45, 2.75) is 50.7 Å². The Morgan fingerprint density at radius 2 is 2.16 bits per heavy atom. The lowest BCUT2D eigenvalue weighted by molar-refractivity contribution is 0.0518. The molecule has 140 valence electrons. The van der Waals surface area contributed by atoms with Crippen LogP contribution in [0, 0.1) is 0 Å². The van der Waals surface area contributed by atoms with E-state index in [1.807, 2.05) is 4.57 Å². The third kappa shape index (κ3) is 3.85. The van der Waals surface area contributed by atoms with Crippen LogP contribution in [-0.4, -0.2) is 40.7 Å². The molecule has 0 radical (unpaired) electrons. The van der Waals surface area contributed by atoms with Crippen molar-refractivity contribution in [3.05, 3.63) is 12.0 Å². The van der Waals surface area contributed by atoms with Gasteiger partial charge in [-0.1, -0.05) is 11.6 Å². The van der Waals surface area contributed by atoms with Gasteiger partial charge in [-0.2, -0.15) is 0 Å². The van der Waals surface area contributed by atoms with Crippen molar-refractivity contribution in [3.63, 3.8) is 0 Å². The maximum atomic E-state index is 12.8. The number of nitrogens with zero attached hydrogens (tertiary/aromatic N) is 3. The number of hydrogen-bond donors (Lipinski definition) is 2. The Hall–Kier alpha value is -1.12. The number of hydrogen-bond acceptors (Lipinski definition) is 8. The number of nitrogens with two attached hydrogens (primary N) is 1. The average Bonchev–Trinajstić information content (AvgIpc) is 3.16. The Balaban J connectivity index is 1.68. The summed E-state index contributed by atoms with van der Waals surface area (Å²) < 4.78 is 31.4. The van der Waals surface area contributed by atoms with Crippen LogP contribution in [0.5, 0.6) is 0 Å². The zero-order valence-electron chi connectivity index (χ0n) is 14.2. The molecule has 1 fully saturated rings. The van der Waals surface area contributed by atoms with Crippen LogP contribution in [-0.2, 0) is 24.9 Å². The van der Waals surface area contributed by atoms with E-state index >= 15 is 0 Å². The Kier molecular flexibility index (Phi) is 5.70. The smallest absolute Gasteiger partial charge is 0.359 e. The van der Waals surface area contributed by atoms with Crippen LogP contribution in [0.1, 0.15) is 37.9 Å². The van der Waals surface area contributed by atoms with Gasteiger partial charge < -0.3 is 29.4 Å². The Morgan fingerprint density at radius 1 is 1.44 bits per heavy atom. The fourth-order valence-corrected chi connectivity index (χ4v) is 5.20. The number of ether oxygens (including phenoxy) is 1. The van der Waals surface area contributed by atoms with Crippen LogP contribution in [0.2, 0.25) is 0 Å². The van der Waals surface area contributed by atoms with Crippen molar-refractivity contribution >= 4 is 31.0 Å². The SMILES string of the molecule is CCOP(=O)(OCC)[C@H]1CC[C@@H](Cn2cnc3c2NC(N)=NC3Cl)O1. The predicted molar refractivity (Wildman–Crippen MR) is 94.8 cm³/mol. The molecular formula is C14H23ClN5O4P. The number of fused-ring (bicyclic) bond motifs is 1. The number of guanidine groups is 1. The molecule has 3 heterocycles. The second-order valence-electron chi connectivity index (χ2n) is 5.77. The average molecular weight is 392 g/mol. The standard InChI is InChI=1S/C14H23ClN5O4P/c1-3-22-25(21,23-4-2)10-6-5-9(24-10)7-20-8-17-11-12(15)18-14(16)19-13(11)20/h8-10,12H,3-7H2,1-2H3,(H3,16,18,19)/t9-,10-,12?/m0/s1. The fraction of sp³-hybridized carbons (Fsp3) is 0.714. The molecule has 11 heteroatoms. The van der Waals surface area contributed by atoms with Crippen LogP contribution >= 0.6 is 19.2 Å². The molecular weight excluding hydrogens is 369 g/mol. The van der Waals surface area contributed by atoms with Gasteiger partial charge in [-0.25, -0.2) is 9.98 Å². The van der Waals surface area contributed by atoms with E-state index in [1.165, 1.54) is 0 Å². The van der Waals surface area contributed by atoms with E-state index in [1.54, 1.807) is 20.2 Å². The number of nitrogens with one attached hydrogen (secondary N) is 1. The van der Waals surface area contributed by atoms with Gasteiger partial charge in [0.2, 0.25) is 0 Å². The number of alkyl halides is 1. The Bertz CT molecular complexity index is 687. The minimum Gasteiger partial charge on any atom is -0.370 e. The van der Waals surface area contributed by atoms with Gasteiger partial charge in [0.05, 0.1) is 32.2 Å². The summed E-state index contributed by atoms with van der Waals surface area (Å²) in [5.41, 5.74) is 5.75. The first-order chi connectivity index (χ1) is 12.0. The molecule has 0 aromatic carbocycles. The van der Waals surface area contributed by atoms with Crippen molar-refractivity contribution < 1.29 is 18.3 Å². The van der Waals surface area contributed by atoms with E-state index < -0.39 is 18.9 Å². The molecule has 2 aliphatic heterocycles. The van der Waals surface area contributed by atoms with Crippen LogP contribution < -0.4 is 11.1 Å². The van der Waals surface area contributed by atoms with Crippen LogP contribution in [0.4, 0.5) is 5.82 Å². The molecule has 1 aromatic rings. The third-order valence-corrected chi connectivity index (χ3v) is 6.67. The highest BCUT2D eigenvalue weighted by atomic mass is 35.5.